The fourth-order valence-electron chi connectivity index (χ4n) is 4.40. The molecule has 0 atom stereocenters. The maximum absolute atomic E-state index is 12.4. The highest BCUT2D eigenvalue weighted by molar-refractivity contribution is 6.01. The second-order valence-corrected chi connectivity index (χ2v) is 9.02. The van der Waals surface area contributed by atoms with E-state index < -0.39 is 11.5 Å². The summed E-state index contributed by atoms with van der Waals surface area (Å²) < 4.78 is 5.52. The maximum atomic E-state index is 12.4. The molecule has 1 N–H and O–H groups in total. The Bertz CT molecular complexity index is 970. The Morgan fingerprint density at radius 1 is 1.17 bits per heavy atom. The maximum Gasteiger partial charge on any atom is 0.416 e. The third-order valence-corrected chi connectivity index (χ3v) is 5.60. The van der Waals surface area contributed by atoms with Gasteiger partial charge in [0.25, 0.3) is 0 Å². The zero-order valence-corrected chi connectivity index (χ0v) is 18.0. The fraction of sp³-hybridized carbons (Fsp3) is 0.417. The first kappa shape index (κ1) is 21.1. The Kier molecular flexibility index (Phi) is 5.30. The highest BCUT2D eigenvalue weighted by Crippen LogP contribution is 2.52. The van der Waals surface area contributed by atoms with E-state index in [-0.39, 0.29) is 5.41 Å². The molecule has 5 nitrogen and oxygen atoms in total. The molecule has 0 fully saturated rings. The van der Waals surface area contributed by atoms with Crippen LogP contribution in [0.3, 0.4) is 0 Å². The van der Waals surface area contributed by atoms with Gasteiger partial charge in [0.2, 0.25) is 0 Å². The lowest BCUT2D eigenvalue weighted by Gasteiger charge is -2.43. The Morgan fingerprint density at radius 3 is 2.41 bits per heavy atom. The summed E-state index contributed by atoms with van der Waals surface area (Å²) in [5, 5.41) is 10.1. The van der Waals surface area contributed by atoms with Crippen molar-refractivity contribution in [1.82, 2.24) is 0 Å². The van der Waals surface area contributed by atoms with E-state index in [0.29, 0.717) is 30.2 Å². The van der Waals surface area contributed by atoms with E-state index in [4.69, 9.17) is 4.74 Å². The lowest BCUT2D eigenvalue weighted by atomic mass is 9.66. The van der Waals surface area contributed by atoms with Crippen molar-refractivity contribution in [1.29, 1.82) is 0 Å². The second kappa shape index (κ2) is 7.30. The topological polar surface area (TPSA) is 66.8 Å². The smallest absolute Gasteiger partial charge is 0.416 e. The molecule has 1 aliphatic heterocycles. The first-order valence-electron chi connectivity index (χ1n) is 9.91. The van der Waals surface area contributed by atoms with E-state index in [1.807, 2.05) is 25.1 Å². The van der Waals surface area contributed by atoms with E-state index >= 15 is 0 Å². The van der Waals surface area contributed by atoms with Crippen LogP contribution in [0.5, 0.6) is 0 Å². The minimum absolute atomic E-state index is 0.324. The molecule has 2 aromatic carbocycles. The molecule has 29 heavy (non-hydrogen) atoms. The Hall–Kier alpha value is -2.66. The molecular formula is C24H29NO4. The highest BCUT2D eigenvalue weighted by Gasteiger charge is 2.42. The van der Waals surface area contributed by atoms with Gasteiger partial charge in [-0.3, -0.25) is 4.79 Å². The van der Waals surface area contributed by atoms with Crippen molar-refractivity contribution in [2.24, 2.45) is 0 Å². The normalized spacial score (nSPS) is 14.9. The van der Waals surface area contributed by atoms with Crippen molar-refractivity contribution >= 4 is 23.8 Å². The number of carbonyl (C=O) groups is 2. The molecule has 1 aliphatic rings. The van der Waals surface area contributed by atoms with E-state index in [0.717, 1.165) is 28.5 Å². The highest BCUT2D eigenvalue weighted by atomic mass is 16.5. The molecule has 154 valence electrons. The van der Waals surface area contributed by atoms with Gasteiger partial charge in [-0.25, -0.2) is 9.69 Å². The molecule has 1 amide bonds. The van der Waals surface area contributed by atoms with Gasteiger partial charge in [-0.05, 0) is 52.8 Å². The van der Waals surface area contributed by atoms with E-state index in [9.17, 15) is 14.7 Å². The van der Waals surface area contributed by atoms with Crippen molar-refractivity contribution in [2.45, 2.75) is 59.0 Å². The number of carbonyl (C=O) groups excluding carboxylic acids is 1. The largest absolute Gasteiger partial charge is 0.464 e. The lowest BCUT2D eigenvalue weighted by molar-refractivity contribution is 0.112. The number of ether oxygens (including phenoxy) is 1. The zero-order chi connectivity index (χ0) is 21.6. The summed E-state index contributed by atoms with van der Waals surface area (Å²) in [5.41, 5.74) is 4.69. The molecule has 5 heteroatoms. The number of rotatable bonds is 4. The molecule has 0 unspecified atom stereocenters. The monoisotopic (exact) mass is 395 g/mol. The van der Waals surface area contributed by atoms with Crippen LogP contribution in [-0.2, 0) is 22.2 Å². The van der Waals surface area contributed by atoms with Gasteiger partial charge in [0.15, 0.2) is 0 Å². The minimum atomic E-state index is -1.05. The van der Waals surface area contributed by atoms with Crippen LogP contribution in [0.15, 0.2) is 30.3 Å². The summed E-state index contributed by atoms with van der Waals surface area (Å²) in [4.78, 5) is 25.5. The van der Waals surface area contributed by atoms with Crippen LogP contribution in [0.25, 0.3) is 0 Å². The average molecular weight is 395 g/mol. The van der Waals surface area contributed by atoms with Crippen molar-refractivity contribution in [3.63, 3.8) is 0 Å². The molecule has 3 rings (SSSR count). The number of fused-ring (bicyclic) bond motifs is 2. The number of amides is 1. The zero-order valence-electron chi connectivity index (χ0n) is 18.0. The van der Waals surface area contributed by atoms with Gasteiger partial charge >= 0.3 is 6.09 Å². The van der Waals surface area contributed by atoms with Crippen LogP contribution in [-0.4, -0.2) is 24.1 Å². The van der Waals surface area contributed by atoms with Crippen molar-refractivity contribution in [3.05, 3.63) is 58.1 Å². The molecule has 2 aromatic rings. The number of carboxylic acid groups (broad SMARTS) is 1. The summed E-state index contributed by atoms with van der Waals surface area (Å²) in [6.45, 7) is 13.3. The van der Waals surface area contributed by atoms with Gasteiger partial charge in [-0.15, -0.1) is 0 Å². The van der Waals surface area contributed by atoms with Crippen LogP contribution in [0.1, 0.15) is 74.2 Å². The molecule has 0 aromatic heterocycles. The first-order chi connectivity index (χ1) is 13.5. The summed E-state index contributed by atoms with van der Waals surface area (Å²) >= 11 is 0. The third-order valence-electron chi connectivity index (χ3n) is 5.60. The van der Waals surface area contributed by atoms with Crippen LogP contribution < -0.4 is 4.90 Å². The number of aldehydes is 1. The summed E-state index contributed by atoms with van der Waals surface area (Å²) in [6.07, 6.45) is -0.182. The molecule has 0 saturated carbocycles. The van der Waals surface area contributed by atoms with Gasteiger partial charge in [0, 0.05) is 17.6 Å². The molecule has 0 aliphatic carbocycles. The van der Waals surface area contributed by atoms with Crippen molar-refractivity contribution in [3.8, 4) is 0 Å². The Labute approximate surface area is 172 Å². The molecule has 0 radical (unpaired) electrons. The van der Waals surface area contributed by atoms with Gasteiger partial charge in [-0.1, -0.05) is 46.8 Å². The third kappa shape index (κ3) is 3.44. The van der Waals surface area contributed by atoms with Crippen molar-refractivity contribution in [2.75, 3.05) is 11.5 Å². The van der Waals surface area contributed by atoms with E-state index in [1.54, 1.807) is 12.1 Å². The summed E-state index contributed by atoms with van der Waals surface area (Å²) in [5.74, 6) is 0. The number of hydrogen-bond acceptors (Lipinski definition) is 3. The fourth-order valence-corrected chi connectivity index (χ4v) is 4.40. The number of hydrogen-bond donors (Lipinski definition) is 1. The Balaban J connectivity index is 2.36. The standard InChI is InChI=1S/C24H29NO4/c1-7-29-14-15-8-10-17-19(12-15)25(22(27)28)18-11-9-16(13-26)20(23(2,3)4)21(18)24(17,5)6/h8-13H,7,14H2,1-6H3,(H,27,28). The predicted octanol–water partition coefficient (Wildman–Crippen LogP) is 5.79. The molecule has 0 bridgehead atoms. The molecule has 0 saturated heterocycles. The number of benzene rings is 2. The van der Waals surface area contributed by atoms with Crippen LogP contribution in [0.2, 0.25) is 0 Å². The van der Waals surface area contributed by atoms with Crippen LogP contribution in [0, 0.1) is 0 Å². The first-order valence-corrected chi connectivity index (χ1v) is 9.91. The summed E-state index contributed by atoms with van der Waals surface area (Å²) in [6, 6.07) is 9.36. The van der Waals surface area contributed by atoms with Crippen LogP contribution >= 0.6 is 0 Å². The van der Waals surface area contributed by atoms with Gasteiger partial charge in [0.05, 0.1) is 18.0 Å². The number of nitrogens with zero attached hydrogens (tertiary/aromatic N) is 1. The van der Waals surface area contributed by atoms with E-state index in [1.165, 1.54) is 4.90 Å². The predicted molar refractivity (Wildman–Crippen MR) is 115 cm³/mol. The van der Waals surface area contributed by atoms with Gasteiger partial charge in [-0.2, -0.15) is 0 Å². The van der Waals surface area contributed by atoms with Gasteiger partial charge < -0.3 is 9.84 Å². The molecular weight excluding hydrogens is 366 g/mol. The lowest BCUT2D eigenvalue weighted by Crippen LogP contribution is -2.38. The average Bonchev–Trinajstić information content (AvgIpc) is 2.64. The quantitative estimate of drug-likeness (QED) is 0.666. The molecule has 0 spiro atoms. The minimum Gasteiger partial charge on any atom is -0.464 e. The number of anilines is 2. The Morgan fingerprint density at radius 2 is 1.86 bits per heavy atom. The van der Waals surface area contributed by atoms with Gasteiger partial charge in [0.1, 0.15) is 6.29 Å². The van der Waals surface area contributed by atoms with Crippen molar-refractivity contribution < 1.29 is 19.4 Å². The SMILES string of the molecule is CCOCc1ccc2c(c1)N(C(=O)O)c1ccc(C=O)c(C(C)(C)C)c1C2(C)C. The van der Waals surface area contributed by atoms with E-state index in [2.05, 4.69) is 34.6 Å². The second-order valence-electron chi connectivity index (χ2n) is 9.02. The summed E-state index contributed by atoms with van der Waals surface area (Å²) in [7, 11) is 0. The van der Waals surface area contributed by atoms with Crippen LogP contribution in [0.4, 0.5) is 16.2 Å². The molecule has 1 heterocycles.